The lowest BCUT2D eigenvalue weighted by atomic mass is 9.78. The SMILES string of the molecule is CCCCCCBr.CCCCCCC1(O)C(=O)C(OCCCC)=C1OCCCC.[MgH2]. The monoisotopic (exact) mass is 502 g/mol. The average molecular weight is 504 g/mol. The molecule has 1 N–H and O–H groups in total. The minimum atomic E-state index is -1.44. The van der Waals surface area contributed by atoms with E-state index in [1.807, 2.05) is 0 Å². The number of carbonyl (C=O) groups excluding carboxylic acids is 1. The number of alkyl halides is 1. The summed E-state index contributed by atoms with van der Waals surface area (Å²) in [6.07, 6.45) is 13.9. The fourth-order valence-corrected chi connectivity index (χ4v) is 3.42. The molecule has 176 valence electrons. The van der Waals surface area contributed by atoms with Crippen molar-refractivity contribution in [3.05, 3.63) is 11.5 Å². The summed E-state index contributed by atoms with van der Waals surface area (Å²) in [5.74, 6) is 0.327. The van der Waals surface area contributed by atoms with E-state index in [4.69, 9.17) is 9.47 Å². The molecule has 0 fully saturated rings. The van der Waals surface area contributed by atoms with Gasteiger partial charge in [-0.2, -0.15) is 0 Å². The quantitative estimate of drug-likeness (QED) is 0.147. The van der Waals surface area contributed by atoms with Crippen LogP contribution in [0, 0.1) is 0 Å². The Morgan fingerprint density at radius 3 is 1.77 bits per heavy atom. The maximum atomic E-state index is 12.3. The second kappa shape index (κ2) is 21.1. The molecule has 4 nitrogen and oxygen atoms in total. The molecule has 1 aliphatic rings. The van der Waals surface area contributed by atoms with E-state index >= 15 is 0 Å². The maximum Gasteiger partial charge on any atom is 0.316 e. The van der Waals surface area contributed by atoms with Gasteiger partial charge in [-0.1, -0.05) is 95.0 Å². The predicted octanol–water partition coefficient (Wildman–Crippen LogP) is 6.16. The number of halogens is 1. The van der Waals surface area contributed by atoms with Gasteiger partial charge in [0.05, 0.1) is 13.2 Å². The molecule has 1 rings (SSSR count). The van der Waals surface area contributed by atoms with Crippen molar-refractivity contribution < 1.29 is 19.4 Å². The highest BCUT2D eigenvalue weighted by molar-refractivity contribution is 9.09. The van der Waals surface area contributed by atoms with Crippen LogP contribution in [0.3, 0.4) is 0 Å². The summed E-state index contributed by atoms with van der Waals surface area (Å²) in [5.41, 5.74) is -1.44. The van der Waals surface area contributed by atoms with Crippen molar-refractivity contribution in [1.29, 1.82) is 0 Å². The zero-order valence-electron chi connectivity index (χ0n) is 19.4. The molecule has 0 aromatic carbocycles. The van der Waals surface area contributed by atoms with Gasteiger partial charge in [0.25, 0.3) is 0 Å². The van der Waals surface area contributed by atoms with Crippen molar-refractivity contribution >= 4 is 44.8 Å². The first kappa shape index (κ1) is 32.4. The van der Waals surface area contributed by atoms with Crippen molar-refractivity contribution in [2.24, 2.45) is 0 Å². The average Bonchev–Trinajstić information content (AvgIpc) is 2.73. The maximum absolute atomic E-state index is 12.3. The van der Waals surface area contributed by atoms with Gasteiger partial charge in [0.15, 0.2) is 11.4 Å². The number of hydrogen-bond acceptors (Lipinski definition) is 4. The first-order chi connectivity index (χ1) is 14.0. The summed E-state index contributed by atoms with van der Waals surface area (Å²) < 4.78 is 11.2. The van der Waals surface area contributed by atoms with Crippen molar-refractivity contribution in [2.75, 3.05) is 18.5 Å². The Labute approximate surface area is 210 Å². The first-order valence-corrected chi connectivity index (χ1v) is 13.0. The molecule has 6 heteroatoms. The van der Waals surface area contributed by atoms with Crippen molar-refractivity contribution in [3.8, 4) is 0 Å². The highest BCUT2D eigenvalue weighted by Crippen LogP contribution is 2.40. The molecule has 0 aliphatic heterocycles. The van der Waals surface area contributed by atoms with Crippen LogP contribution in [0.1, 0.15) is 111 Å². The number of unbranched alkanes of at least 4 members (excludes halogenated alkanes) is 8. The van der Waals surface area contributed by atoms with Gasteiger partial charge in [-0.05, 0) is 32.1 Å². The second-order valence-corrected chi connectivity index (χ2v) is 8.60. The van der Waals surface area contributed by atoms with Gasteiger partial charge in [-0.25, -0.2) is 0 Å². The molecule has 30 heavy (non-hydrogen) atoms. The Kier molecular flexibility index (Phi) is 22.8. The van der Waals surface area contributed by atoms with Gasteiger partial charge >= 0.3 is 23.1 Å². The highest BCUT2D eigenvalue weighted by atomic mass is 79.9. The van der Waals surface area contributed by atoms with E-state index in [9.17, 15) is 9.90 Å². The zero-order valence-corrected chi connectivity index (χ0v) is 20.9. The van der Waals surface area contributed by atoms with E-state index in [0.29, 0.717) is 25.4 Å². The molecule has 1 atom stereocenters. The molecule has 0 saturated heterocycles. The van der Waals surface area contributed by atoms with Gasteiger partial charge in [0.2, 0.25) is 11.5 Å². The van der Waals surface area contributed by atoms with Crippen LogP contribution in [0.4, 0.5) is 0 Å². The molecule has 1 aliphatic carbocycles. The Hall–Kier alpha value is 0.216. The number of Topliss-reactive ketones (excluding diaryl/α,β-unsaturated/α-hetero) is 1. The second-order valence-electron chi connectivity index (χ2n) is 7.81. The third-order valence-electron chi connectivity index (χ3n) is 5.03. The Balaban J connectivity index is 0. The summed E-state index contributed by atoms with van der Waals surface area (Å²) in [6, 6.07) is 0. The normalized spacial score (nSPS) is 17.6. The smallest absolute Gasteiger partial charge is 0.316 e. The number of rotatable bonds is 17. The van der Waals surface area contributed by atoms with Crippen LogP contribution in [-0.4, -0.2) is 58.1 Å². The van der Waals surface area contributed by atoms with Crippen LogP contribution in [-0.2, 0) is 14.3 Å². The van der Waals surface area contributed by atoms with E-state index < -0.39 is 5.60 Å². The van der Waals surface area contributed by atoms with Crippen LogP contribution < -0.4 is 0 Å². The number of hydrogen-bond donors (Lipinski definition) is 1. The van der Waals surface area contributed by atoms with Gasteiger partial charge in [0, 0.05) is 5.33 Å². The summed E-state index contributed by atoms with van der Waals surface area (Å²) in [5, 5.41) is 11.8. The van der Waals surface area contributed by atoms with Gasteiger partial charge < -0.3 is 14.6 Å². The van der Waals surface area contributed by atoms with Crippen LogP contribution >= 0.6 is 15.9 Å². The van der Waals surface area contributed by atoms with Crippen LogP contribution in [0.2, 0.25) is 0 Å². The molecular formula is C24H47BrMgO4. The molecule has 0 aromatic heterocycles. The zero-order chi connectivity index (χ0) is 22.0. The molecule has 0 saturated carbocycles. The fourth-order valence-electron chi connectivity index (χ4n) is 3.03. The third kappa shape index (κ3) is 12.3. The summed E-state index contributed by atoms with van der Waals surface area (Å²) in [7, 11) is 0. The minimum Gasteiger partial charge on any atom is -0.490 e. The number of carbonyl (C=O) groups is 1. The van der Waals surface area contributed by atoms with Crippen molar-refractivity contribution in [3.63, 3.8) is 0 Å². The molecule has 0 aromatic rings. The van der Waals surface area contributed by atoms with Crippen LogP contribution in [0.25, 0.3) is 0 Å². The Morgan fingerprint density at radius 2 is 1.27 bits per heavy atom. The predicted molar refractivity (Wildman–Crippen MR) is 134 cm³/mol. The topological polar surface area (TPSA) is 55.8 Å². The van der Waals surface area contributed by atoms with Crippen LogP contribution in [0.15, 0.2) is 11.5 Å². The standard InChI is InChI=1S/C18H32O4.C6H13Br.Mg.2H/c1-4-7-10-11-12-18(20)16(19)15(21-13-8-5-2)17(18)22-14-9-6-3;1-2-3-4-5-6-7;;;/h20H,4-14H2,1-3H3;2-6H2,1H3;;;. The van der Waals surface area contributed by atoms with Gasteiger partial charge in [0.1, 0.15) is 0 Å². The first-order valence-electron chi connectivity index (χ1n) is 11.9. The lowest BCUT2D eigenvalue weighted by Crippen LogP contribution is -2.52. The van der Waals surface area contributed by atoms with E-state index in [1.165, 1.54) is 31.0 Å². The summed E-state index contributed by atoms with van der Waals surface area (Å²) in [4.78, 5) is 12.3. The fraction of sp³-hybridized carbons (Fsp3) is 0.875. The Bertz CT molecular complexity index is 452. The lowest BCUT2D eigenvalue weighted by molar-refractivity contribution is -0.148. The summed E-state index contributed by atoms with van der Waals surface area (Å²) >= 11 is 3.38. The molecular weight excluding hydrogens is 456 g/mol. The third-order valence-corrected chi connectivity index (χ3v) is 5.59. The molecule has 1 unspecified atom stereocenters. The molecule has 0 heterocycles. The highest BCUT2D eigenvalue weighted by Gasteiger charge is 2.55. The van der Waals surface area contributed by atoms with E-state index in [2.05, 4.69) is 43.6 Å². The number of aliphatic hydroxyl groups is 1. The molecule has 0 amide bonds. The largest absolute Gasteiger partial charge is 0.490 e. The van der Waals surface area contributed by atoms with Gasteiger partial charge in [-0.3, -0.25) is 4.79 Å². The van der Waals surface area contributed by atoms with E-state index in [-0.39, 0.29) is 34.6 Å². The molecule has 0 radical (unpaired) electrons. The van der Waals surface area contributed by atoms with Gasteiger partial charge in [-0.15, -0.1) is 0 Å². The van der Waals surface area contributed by atoms with Crippen molar-refractivity contribution in [1.82, 2.24) is 0 Å². The van der Waals surface area contributed by atoms with E-state index in [0.717, 1.165) is 51.4 Å². The molecule has 0 bridgehead atoms. The lowest BCUT2D eigenvalue weighted by Gasteiger charge is -2.38. The number of ketones is 1. The van der Waals surface area contributed by atoms with Crippen LogP contribution in [0.5, 0.6) is 0 Å². The van der Waals surface area contributed by atoms with E-state index in [1.54, 1.807) is 0 Å². The molecule has 0 spiro atoms. The number of ether oxygens (including phenoxy) is 2. The summed E-state index contributed by atoms with van der Waals surface area (Å²) in [6.45, 7) is 9.56. The Morgan fingerprint density at radius 1 is 0.767 bits per heavy atom. The van der Waals surface area contributed by atoms with Crippen molar-refractivity contribution in [2.45, 2.75) is 117 Å². The minimum absolute atomic E-state index is 0.